The van der Waals surface area contributed by atoms with Crippen molar-refractivity contribution in [1.82, 2.24) is 15.1 Å². The molecule has 1 unspecified atom stereocenters. The van der Waals surface area contributed by atoms with Crippen molar-refractivity contribution in [3.63, 3.8) is 0 Å². The van der Waals surface area contributed by atoms with Crippen LogP contribution in [0.5, 0.6) is 0 Å². The van der Waals surface area contributed by atoms with Gasteiger partial charge in [0.05, 0.1) is 0 Å². The molecule has 0 aromatic rings. The third kappa shape index (κ3) is 2.28. The predicted octanol–water partition coefficient (Wildman–Crippen LogP) is 1.26. The number of hydrogen-bond acceptors (Lipinski definition) is 3. The molecule has 4 aliphatic rings. The Morgan fingerprint density at radius 3 is 2.27 bits per heavy atom. The molecule has 4 fully saturated rings. The van der Waals surface area contributed by atoms with Crippen LogP contribution in [0.4, 0.5) is 4.79 Å². The van der Waals surface area contributed by atoms with Crippen LogP contribution in [-0.2, 0) is 4.79 Å². The minimum Gasteiger partial charge on any atom is -0.465 e. The standard InChI is InChI=1S/C16H25N3O3/c20-14-9-16(10-17-14)3-5-18(6-4-16)13-7-11-1-2-12(8-13)19(11)15(21)22/h11-13H,1-10H2,(H,17,20)(H,21,22)/t11-,12+,13?. The topological polar surface area (TPSA) is 72.9 Å². The van der Waals surface area contributed by atoms with Crippen molar-refractivity contribution in [2.45, 2.75) is 63.1 Å². The fourth-order valence-corrected chi connectivity index (χ4v) is 5.23. The first kappa shape index (κ1) is 14.3. The molecule has 122 valence electrons. The van der Waals surface area contributed by atoms with Crippen LogP contribution in [-0.4, -0.2) is 64.7 Å². The molecular weight excluding hydrogens is 282 g/mol. The Hall–Kier alpha value is -1.30. The molecule has 3 atom stereocenters. The monoisotopic (exact) mass is 307 g/mol. The number of amides is 2. The van der Waals surface area contributed by atoms with Gasteiger partial charge in [-0.2, -0.15) is 0 Å². The van der Waals surface area contributed by atoms with E-state index in [0.29, 0.717) is 12.5 Å². The van der Waals surface area contributed by atoms with E-state index in [1.165, 1.54) is 0 Å². The summed E-state index contributed by atoms with van der Waals surface area (Å²) >= 11 is 0. The van der Waals surface area contributed by atoms with Crippen molar-refractivity contribution in [2.75, 3.05) is 19.6 Å². The number of rotatable bonds is 1. The summed E-state index contributed by atoms with van der Waals surface area (Å²) < 4.78 is 0. The molecule has 4 rings (SSSR count). The molecule has 4 aliphatic heterocycles. The van der Waals surface area contributed by atoms with E-state index in [2.05, 4.69) is 10.2 Å². The summed E-state index contributed by atoms with van der Waals surface area (Å²) in [5.74, 6) is 0.210. The van der Waals surface area contributed by atoms with Gasteiger partial charge in [-0.1, -0.05) is 0 Å². The first-order chi connectivity index (χ1) is 10.6. The van der Waals surface area contributed by atoms with E-state index >= 15 is 0 Å². The highest BCUT2D eigenvalue weighted by Crippen LogP contribution is 2.42. The summed E-state index contributed by atoms with van der Waals surface area (Å²) in [7, 11) is 0. The highest BCUT2D eigenvalue weighted by molar-refractivity contribution is 5.79. The summed E-state index contributed by atoms with van der Waals surface area (Å²) in [6, 6.07) is 0.995. The number of carbonyl (C=O) groups is 2. The SMILES string of the molecule is O=C1CC2(CCN(C3C[C@H]4CC[C@@H](C3)N4C(=O)O)CC2)CN1. The van der Waals surface area contributed by atoms with Crippen molar-refractivity contribution >= 4 is 12.0 Å². The minimum atomic E-state index is -0.737. The Bertz CT molecular complexity index is 473. The molecule has 0 aromatic heterocycles. The molecule has 4 heterocycles. The number of hydrogen-bond donors (Lipinski definition) is 2. The van der Waals surface area contributed by atoms with Crippen molar-refractivity contribution < 1.29 is 14.7 Å². The number of piperidine rings is 2. The minimum absolute atomic E-state index is 0.203. The number of carbonyl (C=O) groups excluding carboxylic acids is 1. The summed E-state index contributed by atoms with van der Waals surface area (Å²) in [6.45, 7) is 2.97. The van der Waals surface area contributed by atoms with E-state index in [1.807, 2.05) is 0 Å². The lowest BCUT2D eigenvalue weighted by Gasteiger charge is -2.46. The Morgan fingerprint density at radius 2 is 1.77 bits per heavy atom. The summed E-state index contributed by atoms with van der Waals surface area (Å²) in [6.07, 6.45) is 6.20. The molecule has 22 heavy (non-hydrogen) atoms. The lowest BCUT2D eigenvalue weighted by atomic mass is 9.77. The molecule has 6 nitrogen and oxygen atoms in total. The van der Waals surface area contributed by atoms with Gasteiger partial charge < -0.3 is 20.2 Å². The molecule has 4 saturated heterocycles. The molecular formula is C16H25N3O3. The van der Waals surface area contributed by atoms with Gasteiger partial charge in [-0.3, -0.25) is 4.79 Å². The lowest BCUT2D eigenvalue weighted by molar-refractivity contribution is -0.119. The van der Waals surface area contributed by atoms with E-state index in [9.17, 15) is 14.7 Å². The van der Waals surface area contributed by atoms with Crippen LogP contribution in [0, 0.1) is 5.41 Å². The Morgan fingerprint density at radius 1 is 1.14 bits per heavy atom. The molecule has 1 spiro atoms. The van der Waals surface area contributed by atoms with Gasteiger partial charge in [0.25, 0.3) is 0 Å². The smallest absolute Gasteiger partial charge is 0.407 e. The average Bonchev–Trinajstić information content (AvgIpc) is 2.98. The molecule has 2 bridgehead atoms. The van der Waals surface area contributed by atoms with Gasteiger partial charge in [0.15, 0.2) is 0 Å². The van der Waals surface area contributed by atoms with E-state index in [1.54, 1.807) is 4.90 Å². The van der Waals surface area contributed by atoms with E-state index in [4.69, 9.17) is 0 Å². The van der Waals surface area contributed by atoms with Gasteiger partial charge in [0, 0.05) is 31.1 Å². The quantitative estimate of drug-likeness (QED) is 0.765. The number of fused-ring (bicyclic) bond motifs is 2. The van der Waals surface area contributed by atoms with Crippen LogP contribution in [0.3, 0.4) is 0 Å². The number of likely N-dealkylation sites (tertiary alicyclic amines) is 1. The van der Waals surface area contributed by atoms with E-state index < -0.39 is 6.09 Å². The maximum Gasteiger partial charge on any atom is 0.407 e. The Kier molecular flexibility index (Phi) is 3.33. The predicted molar refractivity (Wildman–Crippen MR) is 80.6 cm³/mol. The van der Waals surface area contributed by atoms with Crippen LogP contribution in [0.2, 0.25) is 0 Å². The van der Waals surface area contributed by atoms with Crippen LogP contribution in [0.15, 0.2) is 0 Å². The van der Waals surface area contributed by atoms with Gasteiger partial charge in [-0.15, -0.1) is 0 Å². The molecule has 2 N–H and O–H groups in total. The van der Waals surface area contributed by atoms with Gasteiger partial charge in [0.1, 0.15) is 0 Å². The second-order valence-electron chi connectivity index (χ2n) is 7.69. The zero-order valence-electron chi connectivity index (χ0n) is 13.0. The molecule has 0 radical (unpaired) electrons. The first-order valence-corrected chi connectivity index (χ1v) is 8.58. The Balaban J connectivity index is 1.37. The largest absolute Gasteiger partial charge is 0.465 e. The summed E-state index contributed by atoms with van der Waals surface area (Å²) in [4.78, 5) is 27.2. The molecule has 2 amide bonds. The second-order valence-corrected chi connectivity index (χ2v) is 7.69. The van der Waals surface area contributed by atoms with Gasteiger partial charge in [-0.25, -0.2) is 4.79 Å². The number of carboxylic acid groups (broad SMARTS) is 1. The molecule has 6 heteroatoms. The maximum atomic E-state index is 11.5. The average molecular weight is 307 g/mol. The third-order valence-electron chi connectivity index (χ3n) is 6.50. The van der Waals surface area contributed by atoms with E-state index in [0.717, 1.165) is 58.2 Å². The highest BCUT2D eigenvalue weighted by atomic mass is 16.4. The molecule has 0 aromatic carbocycles. The maximum absolute atomic E-state index is 11.5. The van der Waals surface area contributed by atoms with Crippen molar-refractivity contribution in [3.05, 3.63) is 0 Å². The fraction of sp³-hybridized carbons (Fsp3) is 0.875. The Labute approximate surface area is 130 Å². The van der Waals surface area contributed by atoms with Crippen molar-refractivity contribution in [2.24, 2.45) is 5.41 Å². The van der Waals surface area contributed by atoms with Crippen molar-refractivity contribution in [3.8, 4) is 0 Å². The number of nitrogens with zero attached hydrogens (tertiary/aromatic N) is 2. The third-order valence-corrected chi connectivity index (χ3v) is 6.50. The van der Waals surface area contributed by atoms with Crippen LogP contribution in [0.1, 0.15) is 44.9 Å². The molecule has 0 saturated carbocycles. The van der Waals surface area contributed by atoms with Crippen LogP contribution >= 0.6 is 0 Å². The summed E-state index contributed by atoms with van der Waals surface area (Å²) in [5, 5.41) is 12.3. The van der Waals surface area contributed by atoms with Gasteiger partial charge >= 0.3 is 6.09 Å². The van der Waals surface area contributed by atoms with Crippen LogP contribution < -0.4 is 5.32 Å². The fourth-order valence-electron chi connectivity index (χ4n) is 5.23. The number of nitrogens with one attached hydrogen (secondary N) is 1. The first-order valence-electron chi connectivity index (χ1n) is 8.58. The van der Waals surface area contributed by atoms with Crippen LogP contribution in [0.25, 0.3) is 0 Å². The van der Waals surface area contributed by atoms with Crippen molar-refractivity contribution in [1.29, 1.82) is 0 Å². The zero-order valence-corrected chi connectivity index (χ0v) is 13.0. The van der Waals surface area contributed by atoms with E-state index in [-0.39, 0.29) is 23.4 Å². The molecule has 0 aliphatic carbocycles. The second kappa shape index (κ2) is 5.11. The highest BCUT2D eigenvalue weighted by Gasteiger charge is 2.47. The summed E-state index contributed by atoms with van der Waals surface area (Å²) in [5.41, 5.74) is 0.203. The van der Waals surface area contributed by atoms with Gasteiger partial charge in [0.2, 0.25) is 5.91 Å². The van der Waals surface area contributed by atoms with Gasteiger partial charge in [-0.05, 0) is 57.0 Å². The zero-order chi connectivity index (χ0) is 15.3. The lowest BCUT2D eigenvalue weighted by Crippen LogP contribution is -2.54. The normalized spacial score (nSPS) is 37.5.